The van der Waals surface area contributed by atoms with Gasteiger partial charge in [0.25, 0.3) is 0 Å². The summed E-state index contributed by atoms with van der Waals surface area (Å²) in [6.07, 6.45) is 0. The Morgan fingerprint density at radius 3 is 1.50 bits per heavy atom. The molecule has 24 heavy (non-hydrogen) atoms. The summed E-state index contributed by atoms with van der Waals surface area (Å²) >= 11 is 0. The van der Waals surface area contributed by atoms with Crippen LogP contribution in [-0.4, -0.2) is 14.2 Å². The number of hydrogen-bond acceptors (Lipinski definition) is 2. The quantitative estimate of drug-likeness (QED) is 0.472. The number of methoxy groups -OCH3 is 2. The maximum Gasteiger partial charge on any atom is 0.134 e. The van der Waals surface area contributed by atoms with Gasteiger partial charge in [-0.2, -0.15) is 0 Å². The summed E-state index contributed by atoms with van der Waals surface area (Å²) in [5, 5.41) is 0. The van der Waals surface area contributed by atoms with Gasteiger partial charge in [-0.3, -0.25) is 0 Å². The van der Waals surface area contributed by atoms with Gasteiger partial charge in [-0.25, -0.2) is 0 Å². The summed E-state index contributed by atoms with van der Waals surface area (Å²) in [6, 6.07) is 28.5. The van der Waals surface area contributed by atoms with Gasteiger partial charge >= 0.3 is 0 Å². The molecule has 0 radical (unpaired) electrons. The van der Waals surface area contributed by atoms with Crippen molar-refractivity contribution in [2.75, 3.05) is 14.2 Å². The third-order valence-electron chi connectivity index (χ3n) is 3.91. The lowest BCUT2D eigenvalue weighted by molar-refractivity contribution is 0.371. The van der Waals surface area contributed by atoms with Crippen molar-refractivity contribution in [3.05, 3.63) is 102 Å². The smallest absolute Gasteiger partial charge is 0.134 e. The van der Waals surface area contributed by atoms with Gasteiger partial charge in [-0.05, 0) is 35.4 Å². The Balaban J connectivity index is 2.21. The molecule has 0 fully saturated rings. The summed E-state index contributed by atoms with van der Waals surface area (Å²) in [7, 11) is 3.38. The van der Waals surface area contributed by atoms with E-state index >= 15 is 0 Å². The maximum atomic E-state index is 5.82. The van der Waals surface area contributed by atoms with Gasteiger partial charge in [0.05, 0.1) is 14.2 Å². The van der Waals surface area contributed by atoms with Crippen LogP contribution in [0.25, 0.3) is 11.3 Å². The molecule has 2 heteroatoms. The van der Waals surface area contributed by atoms with Gasteiger partial charge < -0.3 is 9.47 Å². The zero-order valence-corrected chi connectivity index (χ0v) is 13.9. The van der Waals surface area contributed by atoms with Crippen molar-refractivity contribution < 1.29 is 9.47 Å². The van der Waals surface area contributed by atoms with Gasteiger partial charge in [-0.15, -0.1) is 0 Å². The predicted octanol–water partition coefficient (Wildman–Crippen LogP) is 5.26. The normalized spacial score (nSPS) is 10.1. The highest BCUT2D eigenvalue weighted by Gasteiger charge is 2.14. The molecule has 3 rings (SSSR count). The molecule has 3 aromatic carbocycles. The van der Waals surface area contributed by atoms with Gasteiger partial charge in [0.1, 0.15) is 11.5 Å². The molecule has 0 saturated carbocycles. The minimum Gasteiger partial charge on any atom is -0.497 e. The highest BCUT2D eigenvalue weighted by atomic mass is 16.5. The molecule has 120 valence electrons. The molecular formula is C22H20O2. The predicted molar refractivity (Wildman–Crippen MR) is 98.8 cm³/mol. The highest BCUT2D eigenvalue weighted by Crippen LogP contribution is 2.33. The van der Waals surface area contributed by atoms with Gasteiger partial charge in [-0.1, -0.05) is 60.7 Å². The second-order valence-corrected chi connectivity index (χ2v) is 5.37. The Bertz CT molecular complexity index is 762. The highest BCUT2D eigenvalue weighted by molar-refractivity contribution is 5.96. The van der Waals surface area contributed by atoms with Crippen LogP contribution in [0.5, 0.6) is 5.75 Å². The molecule has 0 spiro atoms. The molecule has 0 aliphatic rings. The second kappa shape index (κ2) is 7.51. The number of ether oxygens (including phenoxy) is 2. The molecule has 0 unspecified atom stereocenters. The van der Waals surface area contributed by atoms with Crippen molar-refractivity contribution in [1.82, 2.24) is 0 Å². The summed E-state index contributed by atoms with van der Waals surface area (Å²) in [6.45, 7) is 0. The molecular weight excluding hydrogens is 296 g/mol. The average molecular weight is 316 g/mol. The average Bonchev–Trinajstić information content (AvgIpc) is 2.67. The van der Waals surface area contributed by atoms with E-state index in [4.69, 9.17) is 9.47 Å². The summed E-state index contributed by atoms with van der Waals surface area (Å²) in [5.74, 6) is 1.67. The fourth-order valence-electron chi connectivity index (χ4n) is 2.75. The lowest BCUT2D eigenvalue weighted by atomic mass is 9.94. The van der Waals surface area contributed by atoms with Crippen LogP contribution in [-0.2, 0) is 4.74 Å². The molecule has 3 aromatic rings. The van der Waals surface area contributed by atoms with Crippen molar-refractivity contribution in [1.29, 1.82) is 0 Å². The van der Waals surface area contributed by atoms with E-state index in [1.165, 1.54) is 0 Å². The second-order valence-electron chi connectivity index (χ2n) is 5.37. The van der Waals surface area contributed by atoms with E-state index in [0.717, 1.165) is 33.8 Å². The third-order valence-corrected chi connectivity index (χ3v) is 3.91. The minimum absolute atomic E-state index is 0.829. The van der Waals surface area contributed by atoms with Gasteiger partial charge in [0.15, 0.2) is 0 Å². The van der Waals surface area contributed by atoms with Crippen LogP contribution >= 0.6 is 0 Å². The van der Waals surface area contributed by atoms with E-state index in [-0.39, 0.29) is 0 Å². The standard InChI is InChI=1S/C22H20O2/c1-23-20-15-13-19(14-16-20)22(24-2)21(17-9-5-3-6-10-17)18-11-7-4-8-12-18/h3-16H,1-2H3. The van der Waals surface area contributed by atoms with Gasteiger partial charge in [0.2, 0.25) is 0 Å². The number of rotatable bonds is 5. The Kier molecular flexibility index (Phi) is 4.97. The van der Waals surface area contributed by atoms with Crippen LogP contribution in [0.1, 0.15) is 16.7 Å². The molecule has 0 aliphatic heterocycles. The van der Waals surface area contributed by atoms with Crippen LogP contribution in [0.15, 0.2) is 84.9 Å². The fourth-order valence-corrected chi connectivity index (χ4v) is 2.75. The van der Waals surface area contributed by atoms with Crippen LogP contribution in [0, 0.1) is 0 Å². The van der Waals surface area contributed by atoms with Crippen molar-refractivity contribution in [3.8, 4) is 5.75 Å². The Morgan fingerprint density at radius 1 is 0.583 bits per heavy atom. The molecule has 0 bridgehead atoms. The largest absolute Gasteiger partial charge is 0.497 e. The van der Waals surface area contributed by atoms with Crippen LogP contribution in [0.4, 0.5) is 0 Å². The van der Waals surface area contributed by atoms with Crippen molar-refractivity contribution in [2.45, 2.75) is 0 Å². The van der Waals surface area contributed by atoms with Crippen LogP contribution in [0.2, 0.25) is 0 Å². The monoisotopic (exact) mass is 316 g/mol. The summed E-state index contributed by atoms with van der Waals surface area (Å²) < 4.78 is 11.1. The first-order chi connectivity index (χ1) is 11.8. The van der Waals surface area contributed by atoms with E-state index < -0.39 is 0 Å². The first-order valence-corrected chi connectivity index (χ1v) is 7.87. The van der Waals surface area contributed by atoms with Crippen LogP contribution < -0.4 is 4.74 Å². The van der Waals surface area contributed by atoms with Crippen molar-refractivity contribution in [3.63, 3.8) is 0 Å². The van der Waals surface area contributed by atoms with Crippen LogP contribution in [0.3, 0.4) is 0 Å². The number of hydrogen-bond donors (Lipinski definition) is 0. The molecule has 0 amide bonds. The first-order valence-electron chi connectivity index (χ1n) is 7.87. The Hall–Kier alpha value is -3.00. The number of benzene rings is 3. The molecule has 0 saturated heterocycles. The van der Waals surface area contributed by atoms with Gasteiger partial charge in [0, 0.05) is 11.1 Å². The zero-order valence-electron chi connectivity index (χ0n) is 13.9. The zero-order chi connectivity index (χ0) is 16.8. The molecule has 0 aromatic heterocycles. The molecule has 0 aliphatic carbocycles. The third kappa shape index (κ3) is 3.33. The lowest BCUT2D eigenvalue weighted by Crippen LogP contribution is -1.97. The summed E-state index contributed by atoms with van der Waals surface area (Å²) in [4.78, 5) is 0. The van der Waals surface area contributed by atoms with Crippen molar-refractivity contribution >= 4 is 11.3 Å². The Morgan fingerprint density at radius 2 is 1.08 bits per heavy atom. The molecule has 0 heterocycles. The molecule has 0 atom stereocenters. The minimum atomic E-state index is 0.829. The van der Waals surface area contributed by atoms with E-state index in [1.54, 1.807) is 14.2 Å². The van der Waals surface area contributed by atoms with E-state index in [2.05, 4.69) is 24.3 Å². The SMILES string of the molecule is COC(=C(c1ccccc1)c1ccccc1)c1ccc(OC)cc1. The molecule has 0 N–H and O–H groups in total. The van der Waals surface area contributed by atoms with E-state index in [9.17, 15) is 0 Å². The topological polar surface area (TPSA) is 18.5 Å². The molecule has 2 nitrogen and oxygen atoms in total. The van der Waals surface area contributed by atoms with Crippen molar-refractivity contribution in [2.24, 2.45) is 0 Å². The van der Waals surface area contributed by atoms with E-state index in [0.29, 0.717) is 0 Å². The Labute approximate surface area is 143 Å². The van der Waals surface area contributed by atoms with E-state index in [1.807, 2.05) is 60.7 Å². The maximum absolute atomic E-state index is 5.82. The lowest BCUT2D eigenvalue weighted by Gasteiger charge is -2.16. The summed E-state index contributed by atoms with van der Waals surface area (Å²) in [5.41, 5.74) is 4.33. The fraction of sp³-hybridized carbons (Fsp3) is 0.0909. The first kappa shape index (κ1) is 15.9.